The van der Waals surface area contributed by atoms with Crippen molar-refractivity contribution in [3.8, 4) is 0 Å². The molecule has 1 aliphatic rings. The highest BCUT2D eigenvalue weighted by molar-refractivity contribution is 5.86. The van der Waals surface area contributed by atoms with Crippen molar-refractivity contribution in [3.63, 3.8) is 0 Å². The van der Waals surface area contributed by atoms with E-state index in [4.69, 9.17) is 5.11 Å². The van der Waals surface area contributed by atoms with E-state index in [1.54, 1.807) is 0 Å². The second-order valence-corrected chi connectivity index (χ2v) is 5.34. The van der Waals surface area contributed by atoms with E-state index in [1.165, 1.54) is 0 Å². The molecule has 0 radical (unpaired) electrons. The van der Waals surface area contributed by atoms with Crippen molar-refractivity contribution in [2.45, 2.75) is 57.9 Å². The first-order valence-electron chi connectivity index (χ1n) is 7.32. The van der Waals surface area contributed by atoms with E-state index in [9.17, 15) is 4.79 Å². The fourth-order valence-electron chi connectivity index (χ4n) is 2.81. The maximum Gasteiger partial charge on any atom is 0.240 e. The summed E-state index contributed by atoms with van der Waals surface area (Å²) in [5.74, 6) is 0.542. The van der Waals surface area contributed by atoms with Crippen molar-refractivity contribution < 1.29 is 9.90 Å². The zero-order valence-electron chi connectivity index (χ0n) is 11.8. The number of nitrogens with one attached hydrogen (secondary N) is 2. The molecule has 1 saturated heterocycles. The largest absolute Gasteiger partial charge is 0.396 e. The predicted molar refractivity (Wildman–Crippen MR) is 73.4 cm³/mol. The van der Waals surface area contributed by atoms with Gasteiger partial charge in [-0.3, -0.25) is 4.79 Å². The smallest absolute Gasteiger partial charge is 0.240 e. The Hall–Kier alpha value is -0.610. The van der Waals surface area contributed by atoms with Gasteiger partial charge in [0.2, 0.25) is 5.91 Å². The number of aliphatic hydroxyl groups is 1. The molecule has 0 aliphatic carbocycles. The molecule has 0 aromatic heterocycles. The first-order valence-corrected chi connectivity index (χ1v) is 7.32. The second kappa shape index (κ2) is 7.74. The Morgan fingerprint density at radius 2 is 2.22 bits per heavy atom. The topological polar surface area (TPSA) is 61.4 Å². The van der Waals surface area contributed by atoms with Crippen LogP contribution in [0.1, 0.15) is 52.4 Å². The molecule has 4 heteroatoms. The average molecular weight is 256 g/mol. The maximum atomic E-state index is 12.3. The zero-order chi connectivity index (χ0) is 13.4. The van der Waals surface area contributed by atoms with Crippen LogP contribution in [-0.2, 0) is 4.79 Å². The van der Waals surface area contributed by atoms with E-state index < -0.39 is 0 Å². The van der Waals surface area contributed by atoms with Gasteiger partial charge in [-0.05, 0) is 44.6 Å². The summed E-state index contributed by atoms with van der Waals surface area (Å²) in [7, 11) is 0. The van der Waals surface area contributed by atoms with E-state index in [0.29, 0.717) is 12.5 Å². The quantitative estimate of drug-likeness (QED) is 0.616. The number of rotatable bonds is 8. The fourth-order valence-corrected chi connectivity index (χ4v) is 2.81. The number of carbonyl (C=O) groups is 1. The van der Waals surface area contributed by atoms with Crippen LogP contribution < -0.4 is 10.6 Å². The summed E-state index contributed by atoms with van der Waals surface area (Å²) in [6, 6.07) is 0. The summed E-state index contributed by atoms with van der Waals surface area (Å²) in [4.78, 5) is 12.3. The molecule has 3 N–H and O–H groups in total. The fraction of sp³-hybridized carbons (Fsp3) is 0.929. The summed E-state index contributed by atoms with van der Waals surface area (Å²) < 4.78 is 0. The minimum Gasteiger partial charge on any atom is -0.396 e. The monoisotopic (exact) mass is 256 g/mol. The lowest BCUT2D eigenvalue weighted by molar-refractivity contribution is -0.127. The molecule has 0 aromatic carbocycles. The van der Waals surface area contributed by atoms with E-state index >= 15 is 0 Å². The molecular formula is C14H28N2O2. The Kier molecular flexibility index (Phi) is 6.65. The Morgan fingerprint density at radius 3 is 2.72 bits per heavy atom. The van der Waals surface area contributed by atoms with Gasteiger partial charge in [0.05, 0.1) is 5.54 Å². The molecule has 18 heavy (non-hydrogen) atoms. The van der Waals surface area contributed by atoms with E-state index in [2.05, 4.69) is 24.5 Å². The van der Waals surface area contributed by atoms with Crippen molar-refractivity contribution >= 4 is 5.91 Å². The lowest BCUT2D eigenvalue weighted by atomic mass is 9.92. The standard InChI is InChI=1S/C14H28N2O2/c1-3-6-12(7-10-17)11-15-13(18)14(4-2)8-5-9-16-14/h12,16-17H,3-11H2,1-2H3,(H,15,18). The highest BCUT2D eigenvalue weighted by Gasteiger charge is 2.38. The van der Waals surface area contributed by atoms with Crippen LogP contribution in [0.4, 0.5) is 0 Å². The van der Waals surface area contributed by atoms with Crippen LogP contribution in [0.5, 0.6) is 0 Å². The van der Waals surface area contributed by atoms with Crippen molar-refractivity contribution in [2.75, 3.05) is 19.7 Å². The lowest BCUT2D eigenvalue weighted by Gasteiger charge is -2.28. The van der Waals surface area contributed by atoms with E-state index in [1.807, 2.05) is 0 Å². The Labute approximate surface area is 111 Å². The first-order chi connectivity index (χ1) is 8.68. The Balaban J connectivity index is 2.42. The minimum atomic E-state index is -0.337. The number of carbonyl (C=O) groups excluding carboxylic acids is 1. The van der Waals surface area contributed by atoms with Gasteiger partial charge in [-0.15, -0.1) is 0 Å². The molecule has 0 aromatic rings. The molecule has 4 nitrogen and oxygen atoms in total. The third-order valence-corrected chi connectivity index (χ3v) is 4.07. The molecular weight excluding hydrogens is 228 g/mol. The summed E-state index contributed by atoms with van der Waals surface area (Å²) in [5, 5.41) is 15.4. The van der Waals surface area contributed by atoms with Gasteiger partial charge < -0.3 is 15.7 Å². The van der Waals surface area contributed by atoms with Crippen molar-refractivity contribution in [1.29, 1.82) is 0 Å². The molecule has 2 atom stereocenters. The van der Waals surface area contributed by atoms with Gasteiger partial charge >= 0.3 is 0 Å². The number of hydrogen-bond donors (Lipinski definition) is 3. The van der Waals surface area contributed by atoms with Gasteiger partial charge in [-0.25, -0.2) is 0 Å². The first kappa shape index (κ1) is 15.4. The molecule has 0 saturated carbocycles. The molecule has 1 rings (SSSR count). The van der Waals surface area contributed by atoms with Gasteiger partial charge in [0.15, 0.2) is 0 Å². The second-order valence-electron chi connectivity index (χ2n) is 5.34. The number of hydrogen-bond acceptors (Lipinski definition) is 3. The Morgan fingerprint density at radius 1 is 1.44 bits per heavy atom. The molecule has 1 amide bonds. The van der Waals surface area contributed by atoms with Crippen LogP contribution in [-0.4, -0.2) is 36.2 Å². The van der Waals surface area contributed by atoms with Crippen molar-refractivity contribution in [1.82, 2.24) is 10.6 Å². The molecule has 1 fully saturated rings. The predicted octanol–water partition coefficient (Wildman–Crippen LogP) is 1.43. The van der Waals surface area contributed by atoms with Gasteiger partial charge in [-0.2, -0.15) is 0 Å². The van der Waals surface area contributed by atoms with Crippen LogP contribution >= 0.6 is 0 Å². The van der Waals surface area contributed by atoms with Crippen LogP contribution in [0.15, 0.2) is 0 Å². The van der Waals surface area contributed by atoms with Gasteiger partial charge in [0.25, 0.3) is 0 Å². The summed E-state index contributed by atoms with van der Waals surface area (Å²) in [6.45, 7) is 6.04. The maximum absolute atomic E-state index is 12.3. The third-order valence-electron chi connectivity index (χ3n) is 4.07. The lowest BCUT2D eigenvalue weighted by Crippen LogP contribution is -2.53. The normalized spacial score (nSPS) is 25.1. The number of amides is 1. The molecule has 1 heterocycles. The summed E-state index contributed by atoms with van der Waals surface area (Å²) >= 11 is 0. The zero-order valence-corrected chi connectivity index (χ0v) is 11.8. The molecule has 0 spiro atoms. The molecule has 106 valence electrons. The van der Waals surface area contributed by atoms with Crippen molar-refractivity contribution in [2.24, 2.45) is 5.92 Å². The highest BCUT2D eigenvalue weighted by atomic mass is 16.3. The average Bonchev–Trinajstić information content (AvgIpc) is 2.86. The van der Waals surface area contributed by atoms with Crippen molar-refractivity contribution in [3.05, 3.63) is 0 Å². The SMILES string of the molecule is CCCC(CCO)CNC(=O)C1(CC)CCCN1. The molecule has 2 unspecified atom stereocenters. The minimum absolute atomic E-state index is 0.140. The van der Waals surface area contributed by atoms with Crippen LogP contribution in [0.3, 0.4) is 0 Å². The van der Waals surface area contributed by atoms with E-state index in [-0.39, 0.29) is 18.1 Å². The van der Waals surface area contributed by atoms with Crippen LogP contribution in [0, 0.1) is 5.92 Å². The Bertz CT molecular complexity index is 244. The highest BCUT2D eigenvalue weighted by Crippen LogP contribution is 2.23. The van der Waals surface area contributed by atoms with Crippen LogP contribution in [0.25, 0.3) is 0 Å². The van der Waals surface area contributed by atoms with Crippen LogP contribution in [0.2, 0.25) is 0 Å². The number of aliphatic hydroxyl groups excluding tert-OH is 1. The van der Waals surface area contributed by atoms with Gasteiger partial charge in [0, 0.05) is 13.2 Å². The molecule has 0 bridgehead atoms. The molecule has 1 aliphatic heterocycles. The third kappa shape index (κ3) is 3.95. The van der Waals surface area contributed by atoms with Gasteiger partial charge in [-0.1, -0.05) is 20.3 Å². The van der Waals surface area contributed by atoms with Gasteiger partial charge in [0.1, 0.15) is 0 Å². The van der Waals surface area contributed by atoms with E-state index in [0.717, 1.165) is 45.1 Å². The summed E-state index contributed by atoms with van der Waals surface area (Å²) in [6.07, 6.45) is 5.80. The summed E-state index contributed by atoms with van der Waals surface area (Å²) in [5.41, 5.74) is -0.337.